The van der Waals surface area contributed by atoms with E-state index >= 15 is 0 Å². The molecule has 4 N–H and O–H groups in total. The van der Waals surface area contributed by atoms with Gasteiger partial charge in [-0.05, 0) is 32.8 Å². The van der Waals surface area contributed by atoms with E-state index in [4.69, 9.17) is 15.2 Å². The predicted octanol–water partition coefficient (Wildman–Crippen LogP) is 1.73. The molecule has 11 heteroatoms. The van der Waals surface area contributed by atoms with Gasteiger partial charge in [-0.25, -0.2) is 14.6 Å². The quantitative estimate of drug-likeness (QED) is 0.467. The third-order valence-corrected chi connectivity index (χ3v) is 4.35. The van der Waals surface area contributed by atoms with E-state index in [0.29, 0.717) is 0 Å². The molecule has 3 aromatic rings. The Morgan fingerprint density at radius 3 is 2.66 bits per heavy atom. The number of aryl methyl sites for hydroxylation is 1. The summed E-state index contributed by atoms with van der Waals surface area (Å²) in [5.74, 6) is -0.663. The topological polar surface area (TPSA) is 154 Å². The van der Waals surface area contributed by atoms with E-state index < -0.39 is 29.3 Å². The van der Waals surface area contributed by atoms with E-state index in [-0.39, 0.29) is 36.7 Å². The zero-order valence-corrected chi connectivity index (χ0v) is 18.1. The van der Waals surface area contributed by atoms with Gasteiger partial charge in [0.25, 0.3) is 5.56 Å². The van der Waals surface area contributed by atoms with E-state index in [1.54, 1.807) is 25.3 Å². The number of H-pyrrole nitrogens is 1. The van der Waals surface area contributed by atoms with Gasteiger partial charge in [-0.15, -0.1) is 0 Å². The number of amides is 1. The number of nitrogens with zero attached hydrogens (tertiary/aromatic N) is 3. The summed E-state index contributed by atoms with van der Waals surface area (Å²) < 4.78 is 12.2. The van der Waals surface area contributed by atoms with Gasteiger partial charge in [0.1, 0.15) is 18.2 Å². The number of alkyl carbamates (subject to hydrolysis) is 1. The molecule has 2 aromatic heterocycles. The van der Waals surface area contributed by atoms with Crippen molar-refractivity contribution in [2.45, 2.75) is 52.0 Å². The van der Waals surface area contributed by atoms with Crippen LogP contribution in [-0.4, -0.2) is 43.2 Å². The summed E-state index contributed by atoms with van der Waals surface area (Å²) in [6.45, 7) is 5.45. The molecule has 0 unspecified atom stereocenters. The summed E-state index contributed by atoms with van der Waals surface area (Å²) in [7, 11) is 0. The molecule has 32 heavy (non-hydrogen) atoms. The first-order valence-corrected chi connectivity index (χ1v) is 10.0. The highest BCUT2D eigenvalue weighted by Gasteiger charge is 2.26. The van der Waals surface area contributed by atoms with Crippen LogP contribution in [0.15, 0.2) is 41.5 Å². The van der Waals surface area contributed by atoms with Gasteiger partial charge in [0.05, 0.1) is 6.33 Å². The van der Waals surface area contributed by atoms with E-state index in [2.05, 4.69) is 20.3 Å². The van der Waals surface area contributed by atoms with Gasteiger partial charge in [-0.2, -0.15) is 4.98 Å². The van der Waals surface area contributed by atoms with Crippen molar-refractivity contribution in [1.29, 1.82) is 0 Å². The van der Waals surface area contributed by atoms with Crippen LogP contribution >= 0.6 is 0 Å². The number of fused-ring (bicyclic) bond motifs is 1. The lowest BCUT2D eigenvalue weighted by Crippen LogP contribution is -2.44. The van der Waals surface area contributed by atoms with Crippen molar-refractivity contribution in [2.75, 3.05) is 5.73 Å². The molecule has 0 bridgehead atoms. The number of imidazole rings is 1. The van der Waals surface area contributed by atoms with Crippen LogP contribution in [0.3, 0.4) is 0 Å². The number of hydrogen-bond acceptors (Lipinski definition) is 8. The Labute approximate surface area is 183 Å². The second-order valence-corrected chi connectivity index (χ2v) is 8.14. The third-order valence-electron chi connectivity index (χ3n) is 4.35. The summed E-state index contributed by atoms with van der Waals surface area (Å²) >= 11 is 0. The first kappa shape index (κ1) is 22.8. The third kappa shape index (κ3) is 6.06. The number of ether oxygens (including phenoxy) is 2. The van der Waals surface area contributed by atoms with Crippen LogP contribution < -0.4 is 16.6 Å². The summed E-state index contributed by atoms with van der Waals surface area (Å²) in [4.78, 5) is 47.5. The Kier molecular flexibility index (Phi) is 6.76. The molecule has 0 radical (unpaired) electrons. The van der Waals surface area contributed by atoms with Gasteiger partial charge in [0.15, 0.2) is 11.2 Å². The molecule has 0 fully saturated rings. The molecule has 0 aliphatic heterocycles. The number of nitrogens with two attached hydrogens (primary N) is 1. The minimum atomic E-state index is -0.995. The molecule has 3 rings (SSSR count). The molecule has 0 aliphatic carbocycles. The summed E-state index contributed by atoms with van der Waals surface area (Å²) in [5.41, 5.74) is 5.65. The second kappa shape index (κ2) is 9.50. The lowest BCUT2D eigenvalue weighted by Gasteiger charge is -2.23. The number of esters is 1. The van der Waals surface area contributed by atoms with E-state index in [1.807, 2.05) is 30.3 Å². The first-order chi connectivity index (χ1) is 15.1. The van der Waals surface area contributed by atoms with Crippen molar-refractivity contribution in [3.63, 3.8) is 0 Å². The Balaban J connectivity index is 1.73. The maximum Gasteiger partial charge on any atom is 0.408 e. The fourth-order valence-corrected chi connectivity index (χ4v) is 2.93. The molecule has 1 atom stereocenters. The number of aromatic amines is 1. The van der Waals surface area contributed by atoms with Crippen molar-refractivity contribution in [1.82, 2.24) is 24.8 Å². The molecule has 0 saturated carbocycles. The molecule has 2 heterocycles. The number of hydrogen-bond donors (Lipinski definition) is 3. The van der Waals surface area contributed by atoms with Crippen LogP contribution in [0.4, 0.5) is 10.7 Å². The Morgan fingerprint density at radius 2 is 1.97 bits per heavy atom. The normalized spacial score (nSPS) is 12.3. The largest absolute Gasteiger partial charge is 0.459 e. The average Bonchev–Trinajstić information content (AvgIpc) is 3.11. The molecule has 0 spiro atoms. The van der Waals surface area contributed by atoms with Gasteiger partial charge < -0.3 is 25.1 Å². The Bertz CT molecular complexity index is 1150. The van der Waals surface area contributed by atoms with E-state index in [0.717, 1.165) is 5.56 Å². The van der Waals surface area contributed by atoms with Crippen LogP contribution in [0.25, 0.3) is 11.2 Å². The lowest BCUT2D eigenvalue weighted by atomic mass is 10.2. The highest BCUT2D eigenvalue weighted by atomic mass is 16.6. The molecule has 0 aliphatic rings. The monoisotopic (exact) mass is 442 g/mol. The van der Waals surface area contributed by atoms with Gasteiger partial charge in [0, 0.05) is 6.54 Å². The number of anilines is 1. The molecular formula is C21H26N6O5. The van der Waals surface area contributed by atoms with Crippen LogP contribution in [0.2, 0.25) is 0 Å². The number of nitrogen functional groups attached to an aromatic ring is 1. The second-order valence-electron chi connectivity index (χ2n) is 8.14. The van der Waals surface area contributed by atoms with Crippen molar-refractivity contribution in [3.05, 3.63) is 52.6 Å². The first-order valence-electron chi connectivity index (χ1n) is 10.0. The number of carbonyl (C=O) groups excluding carboxylic acids is 2. The smallest absolute Gasteiger partial charge is 0.408 e. The summed E-state index contributed by atoms with van der Waals surface area (Å²) in [6.07, 6.45) is 0.826. The fourth-order valence-electron chi connectivity index (χ4n) is 2.93. The SMILES string of the molecule is CC(C)(C)OC(=O)N[C@@H](CCn1cnc2c(=O)[nH]c(N)nc21)C(=O)OCc1ccccc1. The lowest BCUT2D eigenvalue weighted by molar-refractivity contribution is -0.147. The van der Waals surface area contributed by atoms with Crippen LogP contribution in [0.5, 0.6) is 0 Å². The maximum atomic E-state index is 12.7. The Morgan fingerprint density at radius 1 is 1.25 bits per heavy atom. The van der Waals surface area contributed by atoms with Crippen molar-refractivity contribution in [3.8, 4) is 0 Å². The highest BCUT2D eigenvalue weighted by molar-refractivity contribution is 5.81. The van der Waals surface area contributed by atoms with Gasteiger partial charge in [-0.1, -0.05) is 30.3 Å². The molecular weight excluding hydrogens is 416 g/mol. The van der Waals surface area contributed by atoms with Crippen molar-refractivity contribution >= 4 is 29.2 Å². The predicted molar refractivity (Wildman–Crippen MR) is 117 cm³/mol. The summed E-state index contributed by atoms with van der Waals surface area (Å²) in [5, 5.41) is 2.56. The number of aromatic nitrogens is 4. The molecule has 1 aromatic carbocycles. The van der Waals surface area contributed by atoms with Gasteiger partial charge in [-0.3, -0.25) is 9.78 Å². The van der Waals surface area contributed by atoms with Gasteiger partial charge in [0.2, 0.25) is 5.95 Å². The summed E-state index contributed by atoms with van der Waals surface area (Å²) in [6, 6.07) is 8.20. The molecule has 11 nitrogen and oxygen atoms in total. The zero-order valence-electron chi connectivity index (χ0n) is 18.1. The van der Waals surface area contributed by atoms with Crippen LogP contribution in [0, 0.1) is 0 Å². The molecule has 170 valence electrons. The Hall–Kier alpha value is -3.89. The van der Waals surface area contributed by atoms with Crippen molar-refractivity contribution in [2.24, 2.45) is 0 Å². The number of carbonyl (C=O) groups is 2. The fraction of sp³-hybridized carbons (Fsp3) is 0.381. The standard InChI is InChI=1S/C21H26N6O5/c1-21(2,3)32-20(30)24-14(18(29)31-11-13-7-5-4-6-8-13)9-10-27-12-23-15-16(27)25-19(22)26-17(15)28/h4-8,12,14H,9-11H2,1-3H3,(H,24,30)(H3,22,25,26,28)/t14-/m0/s1. The average molecular weight is 442 g/mol. The molecule has 0 saturated heterocycles. The zero-order chi connectivity index (χ0) is 23.3. The highest BCUT2D eigenvalue weighted by Crippen LogP contribution is 2.11. The van der Waals surface area contributed by atoms with Crippen LogP contribution in [-0.2, 0) is 27.4 Å². The van der Waals surface area contributed by atoms with Crippen molar-refractivity contribution < 1.29 is 19.1 Å². The number of benzene rings is 1. The van der Waals surface area contributed by atoms with Gasteiger partial charge >= 0.3 is 12.1 Å². The van der Waals surface area contributed by atoms with Crippen LogP contribution in [0.1, 0.15) is 32.8 Å². The number of nitrogens with one attached hydrogen (secondary N) is 2. The minimum absolute atomic E-state index is 0.0463. The minimum Gasteiger partial charge on any atom is -0.459 e. The number of rotatable bonds is 7. The maximum absolute atomic E-state index is 12.7. The molecule has 1 amide bonds. The van der Waals surface area contributed by atoms with E-state index in [1.165, 1.54) is 6.33 Å². The van der Waals surface area contributed by atoms with E-state index in [9.17, 15) is 14.4 Å².